The molecule has 1 aromatic heterocycles. The number of nitrogens with one attached hydrogen (secondary N) is 1. The highest BCUT2D eigenvalue weighted by Crippen LogP contribution is 2.35. The van der Waals surface area contributed by atoms with E-state index in [-0.39, 0.29) is 5.54 Å². The van der Waals surface area contributed by atoms with Crippen LogP contribution >= 0.6 is 0 Å². The molecular weight excluding hydrogens is 228 g/mol. The monoisotopic (exact) mass is 250 g/mol. The first-order valence-corrected chi connectivity index (χ1v) is 6.55. The van der Waals surface area contributed by atoms with Crippen LogP contribution in [0.4, 0.5) is 5.95 Å². The maximum absolute atomic E-state index is 6.00. The van der Waals surface area contributed by atoms with E-state index in [0.29, 0.717) is 24.3 Å². The number of nitrogens with two attached hydrogens (primary N) is 1. The lowest BCUT2D eigenvalue weighted by Gasteiger charge is -2.42. The molecule has 2 unspecified atom stereocenters. The molecule has 18 heavy (non-hydrogen) atoms. The number of nitrogens with zero attached hydrogens (tertiary/aromatic N) is 2. The van der Waals surface area contributed by atoms with Gasteiger partial charge in [-0.2, -0.15) is 4.98 Å². The van der Waals surface area contributed by atoms with Gasteiger partial charge in [-0.05, 0) is 18.8 Å². The Hall–Kier alpha value is -1.36. The summed E-state index contributed by atoms with van der Waals surface area (Å²) in [4.78, 5) is 8.56. The lowest BCUT2D eigenvalue weighted by atomic mass is 9.73. The Morgan fingerprint density at radius 3 is 3.06 bits per heavy atom. The van der Waals surface area contributed by atoms with Crippen molar-refractivity contribution in [3.8, 4) is 5.88 Å². The molecule has 0 radical (unpaired) electrons. The molecule has 1 aliphatic carbocycles. The summed E-state index contributed by atoms with van der Waals surface area (Å²) in [5.74, 6) is 1.71. The molecule has 100 valence electrons. The van der Waals surface area contributed by atoms with Crippen molar-refractivity contribution in [2.45, 2.75) is 38.1 Å². The summed E-state index contributed by atoms with van der Waals surface area (Å²) in [5, 5.41) is 3.44. The third-order valence-corrected chi connectivity index (χ3v) is 4.02. The van der Waals surface area contributed by atoms with Crippen LogP contribution in [0.2, 0.25) is 0 Å². The molecule has 0 aromatic carbocycles. The molecule has 3 N–H and O–H groups in total. The van der Waals surface area contributed by atoms with Crippen molar-refractivity contribution in [3.63, 3.8) is 0 Å². The van der Waals surface area contributed by atoms with E-state index >= 15 is 0 Å². The zero-order chi connectivity index (χ0) is 13.0. The average molecular weight is 250 g/mol. The Bertz CT molecular complexity index is 398. The van der Waals surface area contributed by atoms with E-state index in [9.17, 15) is 0 Å². The van der Waals surface area contributed by atoms with Gasteiger partial charge in [0.2, 0.25) is 11.8 Å². The molecule has 1 heterocycles. The van der Waals surface area contributed by atoms with Gasteiger partial charge in [0.15, 0.2) is 0 Å². The third-order valence-electron chi connectivity index (χ3n) is 4.02. The highest BCUT2D eigenvalue weighted by atomic mass is 16.5. The molecule has 0 amide bonds. The normalized spacial score (nSPS) is 27.8. The van der Waals surface area contributed by atoms with Gasteiger partial charge in [0, 0.05) is 18.8 Å². The van der Waals surface area contributed by atoms with Gasteiger partial charge < -0.3 is 15.8 Å². The second kappa shape index (κ2) is 5.52. The summed E-state index contributed by atoms with van der Waals surface area (Å²) in [5.41, 5.74) is 5.92. The van der Waals surface area contributed by atoms with Gasteiger partial charge in [-0.25, -0.2) is 4.98 Å². The quantitative estimate of drug-likeness (QED) is 0.852. The summed E-state index contributed by atoms with van der Waals surface area (Å²) in [6, 6.07) is 1.74. The minimum Gasteiger partial charge on any atom is -0.481 e. The fourth-order valence-electron chi connectivity index (χ4n) is 2.69. The van der Waals surface area contributed by atoms with E-state index in [1.54, 1.807) is 19.4 Å². The molecule has 0 saturated heterocycles. The Morgan fingerprint density at radius 1 is 1.56 bits per heavy atom. The van der Waals surface area contributed by atoms with Gasteiger partial charge in [-0.1, -0.05) is 19.8 Å². The first-order valence-electron chi connectivity index (χ1n) is 6.55. The zero-order valence-corrected chi connectivity index (χ0v) is 11.1. The van der Waals surface area contributed by atoms with Crippen LogP contribution in [0.25, 0.3) is 0 Å². The predicted molar refractivity (Wildman–Crippen MR) is 71.6 cm³/mol. The topological polar surface area (TPSA) is 73.1 Å². The van der Waals surface area contributed by atoms with Crippen molar-refractivity contribution >= 4 is 5.95 Å². The molecule has 5 heteroatoms. The van der Waals surface area contributed by atoms with Gasteiger partial charge in [-0.3, -0.25) is 0 Å². The molecule has 5 nitrogen and oxygen atoms in total. The lowest BCUT2D eigenvalue weighted by Crippen LogP contribution is -2.52. The van der Waals surface area contributed by atoms with Crippen molar-refractivity contribution in [1.82, 2.24) is 9.97 Å². The third kappa shape index (κ3) is 2.56. The fourth-order valence-corrected chi connectivity index (χ4v) is 2.69. The highest BCUT2D eigenvalue weighted by molar-refractivity contribution is 5.33. The van der Waals surface area contributed by atoms with Crippen molar-refractivity contribution in [3.05, 3.63) is 12.3 Å². The fraction of sp³-hybridized carbons (Fsp3) is 0.692. The van der Waals surface area contributed by atoms with Crippen molar-refractivity contribution in [2.75, 3.05) is 19.0 Å². The first-order chi connectivity index (χ1) is 8.70. The summed E-state index contributed by atoms with van der Waals surface area (Å²) in [7, 11) is 1.61. The molecule has 1 saturated carbocycles. The van der Waals surface area contributed by atoms with E-state index < -0.39 is 0 Å². The minimum atomic E-state index is -0.0788. The van der Waals surface area contributed by atoms with Crippen LogP contribution in [0.15, 0.2) is 12.3 Å². The Labute approximate surface area is 108 Å². The number of aromatic nitrogens is 2. The van der Waals surface area contributed by atoms with E-state index in [1.807, 2.05) is 0 Å². The second-order valence-corrected chi connectivity index (χ2v) is 5.05. The summed E-state index contributed by atoms with van der Waals surface area (Å²) in [6.45, 7) is 2.86. The zero-order valence-electron chi connectivity index (χ0n) is 11.1. The highest BCUT2D eigenvalue weighted by Gasteiger charge is 2.37. The van der Waals surface area contributed by atoms with E-state index in [2.05, 4.69) is 22.2 Å². The minimum absolute atomic E-state index is 0.0788. The molecule has 0 bridgehead atoms. The predicted octanol–water partition coefficient (Wildman–Crippen LogP) is 1.80. The van der Waals surface area contributed by atoms with Crippen LogP contribution in [-0.2, 0) is 0 Å². The van der Waals surface area contributed by atoms with Crippen molar-refractivity contribution in [1.29, 1.82) is 0 Å². The number of rotatable bonds is 4. The van der Waals surface area contributed by atoms with E-state index in [4.69, 9.17) is 10.5 Å². The molecule has 2 rings (SSSR count). The number of hydrogen-bond acceptors (Lipinski definition) is 5. The van der Waals surface area contributed by atoms with Crippen LogP contribution in [-0.4, -0.2) is 29.2 Å². The molecule has 1 aliphatic rings. The Morgan fingerprint density at radius 2 is 2.39 bits per heavy atom. The molecule has 0 spiro atoms. The average Bonchev–Trinajstić information content (AvgIpc) is 2.42. The van der Waals surface area contributed by atoms with Crippen LogP contribution in [0.1, 0.15) is 32.6 Å². The van der Waals surface area contributed by atoms with E-state index in [1.165, 1.54) is 19.3 Å². The van der Waals surface area contributed by atoms with Gasteiger partial charge in [-0.15, -0.1) is 0 Å². The number of ether oxygens (including phenoxy) is 1. The van der Waals surface area contributed by atoms with Crippen LogP contribution in [0, 0.1) is 5.92 Å². The Kier molecular flexibility index (Phi) is 4.01. The van der Waals surface area contributed by atoms with Crippen LogP contribution < -0.4 is 15.8 Å². The van der Waals surface area contributed by atoms with Gasteiger partial charge in [0.1, 0.15) is 0 Å². The Balaban J connectivity index is 2.18. The molecular formula is C13H22N4O. The van der Waals surface area contributed by atoms with Gasteiger partial charge >= 0.3 is 0 Å². The lowest BCUT2D eigenvalue weighted by molar-refractivity contribution is 0.234. The van der Waals surface area contributed by atoms with Gasteiger partial charge in [0.05, 0.1) is 12.6 Å². The largest absolute Gasteiger partial charge is 0.481 e. The molecule has 0 aliphatic heterocycles. The molecule has 1 fully saturated rings. The van der Waals surface area contributed by atoms with Crippen LogP contribution in [0.3, 0.4) is 0 Å². The maximum Gasteiger partial charge on any atom is 0.226 e. The first kappa shape index (κ1) is 13.1. The summed E-state index contributed by atoms with van der Waals surface area (Å²) < 4.78 is 5.12. The smallest absolute Gasteiger partial charge is 0.226 e. The van der Waals surface area contributed by atoms with Crippen LogP contribution in [0.5, 0.6) is 5.88 Å². The SMILES string of the molecule is COc1ccnc(NC2(CN)CCCCC2C)n1. The number of methoxy groups -OCH3 is 1. The molecule has 2 atom stereocenters. The standard InChI is InChI=1S/C13H22N4O/c1-10-5-3-4-7-13(10,9-14)17-12-15-8-6-11(16-12)18-2/h6,8,10H,3-5,7,9,14H2,1-2H3,(H,15,16,17). The van der Waals surface area contributed by atoms with Crippen molar-refractivity contribution < 1.29 is 4.74 Å². The van der Waals surface area contributed by atoms with E-state index in [0.717, 1.165) is 6.42 Å². The van der Waals surface area contributed by atoms with Crippen molar-refractivity contribution in [2.24, 2.45) is 11.7 Å². The number of anilines is 1. The van der Waals surface area contributed by atoms with Gasteiger partial charge in [0.25, 0.3) is 0 Å². The second-order valence-electron chi connectivity index (χ2n) is 5.05. The summed E-state index contributed by atoms with van der Waals surface area (Å²) in [6.07, 6.45) is 6.47. The maximum atomic E-state index is 6.00. The molecule has 1 aromatic rings. The summed E-state index contributed by atoms with van der Waals surface area (Å²) >= 11 is 0. The number of hydrogen-bond donors (Lipinski definition) is 2.